The fourth-order valence-corrected chi connectivity index (χ4v) is 4.55. The number of aryl methyl sites for hydroxylation is 1. The molecule has 2 heterocycles. The monoisotopic (exact) mass is 370 g/mol. The minimum absolute atomic E-state index is 0.122. The summed E-state index contributed by atoms with van der Waals surface area (Å²) in [5, 5.41) is 3.95. The minimum atomic E-state index is -3.59. The van der Waals surface area contributed by atoms with Gasteiger partial charge in [0.15, 0.2) is 0 Å². The lowest BCUT2D eigenvalue weighted by atomic mass is 10.2. The summed E-state index contributed by atoms with van der Waals surface area (Å²) in [5.41, 5.74) is 0. The number of carbonyl (C=O) groups is 1. The molecule has 132 valence electrons. The van der Waals surface area contributed by atoms with E-state index in [0.717, 1.165) is 17.2 Å². The molecular formula is C15H22N4O3S2. The van der Waals surface area contributed by atoms with Crippen LogP contribution in [0.25, 0.3) is 0 Å². The Kier molecular flexibility index (Phi) is 6.14. The number of carbonyl (C=O) groups excluding carboxylic acids is 1. The number of hydrogen-bond acceptors (Lipinski definition) is 5. The van der Waals surface area contributed by atoms with Gasteiger partial charge in [0, 0.05) is 43.8 Å². The van der Waals surface area contributed by atoms with Gasteiger partial charge < -0.3 is 9.88 Å². The van der Waals surface area contributed by atoms with Crippen molar-refractivity contribution in [1.29, 1.82) is 0 Å². The lowest BCUT2D eigenvalue weighted by molar-refractivity contribution is 0.0967. The number of aromatic nitrogens is 2. The molecule has 0 bridgehead atoms. The minimum Gasteiger partial charge on any atom is -0.354 e. The van der Waals surface area contributed by atoms with Crippen LogP contribution in [0.2, 0.25) is 0 Å². The van der Waals surface area contributed by atoms with Crippen molar-refractivity contribution < 1.29 is 13.2 Å². The molecular weight excluding hydrogens is 348 g/mol. The summed E-state index contributed by atoms with van der Waals surface area (Å²) in [6, 6.07) is 1.39. The first-order valence-electron chi connectivity index (χ1n) is 7.66. The van der Waals surface area contributed by atoms with Gasteiger partial charge in [0.1, 0.15) is 5.82 Å². The van der Waals surface area contributed by atoms with Crippen LogP contribution in [0, 0.1) is 0 Å². The fraction of sp³-hybridized carbons (Fsp3) is 0.467. The Balaban J connectivity index is 1.90. The fourth-order valence-electron chi connectivity index (χ4n) is 2.25. The number of rotatable bonds is 8. The molecule has 1 amide bonds. The van der Waals surface area contributed by atoms with E-state index in [4.69, 9.17) is 0 Å². The molecule has 9 heteroatoms. The van der Waals surface area contributed by atoms with E-state index >= 15 is 0 Å². The van der Waals surface area contributed by atoms with Crippen molar-refractivity contribution >= 4 is 27.3 Å². The van der Waals surface area contributed by atoms with Crippen molar-refractivity contribution in [2.75, 3.05) is 13.6 Å². The van der Waals surface area contributed by atoms with Gasteiger partial charge in [-0.15, -0.1) is 11.3 Å². The average molecular weight is 371 g/mol. The Morgan fingerprint density at radius 2 is 2.17 bits per heavy atom. The van der Waals surface area contributed by atoms with Crippen molar-refractivity contribution in [3.63, 3.8) is 0 Å². The van der Waals surface area contributed by atoms with Crippen LogP contribution in [0.3, 0.4) is 0 Å². The second kappa shape index (κ2) is 7.91. The summed E-state index contributed by atoms with van der Waals surface area (Å²) in [6.07, 6.45) is 4.31. The molecule has 0 saturated carbocycles. The van der Waals surface area contributed by atoms with Gasteiger partial charge in [0.2, 0.25) is 10.0 Å². The Hall–Kier alpha value is -1.71. The molecule has 2 N–H and O–H groups in total. The lowest BCUT2D eigenvalue weighted by Gasteiger charge is -2.10. The molecule has 2 rings (SSSR count). The number of sulfonamides is 1. The Labute approximate surface area is 146 Å². The standard InChI is InChI=1S/C15H22N4O3S2/c1-11(2)14-17-6-8-19(14)7-4-5-18-24(21,22)12-9-13(23-10-12)15(20)16-3/h6,8-11,18H,4-5,7H2,1-3H3,(H,16,20). The second-order valence-corrected chi connectivity index (χ2v) is 8.29. The topological polar surface area (TPSA) is 93.1 Å². The molecule has 24 heavy (non-hydrogen) atoms. The Morgan fingerprint density at radius 1 is 1.42 bits per heavy atom. The third kappa shape index (κ3) is 4.43. The molecule has 0 saturated heterocycles. The summed E-state index contributed by atoms with van der Waals surface area (Å²) in [4.78, 5) is 16.3. The number of amides is 1. The van der Waals surface area contributed by atoms with Gasteiger partial charge in [-0.2, -0.15) is 0 Å². The van der Waals surface area contributed by atoms with E-state index in [0.29, 0.717) is 30.3 Å². The maximum atomic E-state index is 12.2. The zero-order valence-corrected chi connectivity index (χ0v) is 15.6. The Morgan fingerprint density at radius 3 is 2.83 bits per heavy atom. The molecule has 0 aliphatic rings. The first-order chi connectivity index (χ1) is 11.3. The van der Waals surface area contributed by atoms with Gasteiger partial charge in [-0.3, -0.25) is 4.79 Å². The van der Waals surface area contributed by atoms with E-state index in [1.165, 1.54) is 18.5 Å². The molecule has 0 radical (unpaired) electrons. The van der Waals surface area contributed by atoms with Crippen LogP contribution in [0.4, 0.5) is 0 Å². The third-order valence-electron chi connectivity index (χ3n) is 3.47. The lowest BCUT2D eigenvalue weighted by Crippen LogP contribution is -2.25. The highest BCUT2D eigenvalue weighted by atomic mass is 32.2. The number of nitrogens with one attached hydrogen (secondary N) is 2. The predicted octanol–water partition coefficient (Wildman–Crippen LogP) is 1.80. The molecule has 0 aliphatic heterocycles. The highest BCUT2D eigenvalue weighted by Gasteiger charge is 2.18. The average Bonchev–Trinajstić information content (AvgIpc) is 3.20. The summed E-state index contributed by atoms with van der Waals surface area (Å²) in [6.45, 7) is 5.16. The Bertz CT molecular complexity index is 793. The maximum absolute atomic E-state index is 12.2. The SMILES string of the molecule is CNC(=O)c1cc(S(=O)(=O)NCCCn2ccnc2C(C)C)cs1. The zero-order valence-electron chi connectivity index (χ0n) is 13.9. The first kappa shape index (κ1) is 18.6. The summed E-state index contributed by atoms with van der Waals surface area (Å²) in [7, 11) is -2.08. The molecule has 7 nitrogen and oxygen atoms in total. The van der Waals surface area contributed by atoms with Crippen LogP contribution < -0.4 is 10.0 Å². The van der Waals surface area contributed by atoms with Crippen LogP contribution in [-0.4, -0.2) is 37.5 Å². The quantitative estimate of drug-likeness (QED) is 0.693. The summed E-state index contributed by atoms with van der Waals surface area (Å²) >= 11 is 1.11. The van der Waals surface area contributed by atoms with Crippen LogP contribution in [0.15, 0.2) is 28.7 Å². The van der Waals surface area contributed by atoms with Gasteiger partial charge in [-0.25, -0.2) is 18.1 Å². The van der Waals surface area contributed by atoms with E-state index in [2.05, 4.69) is 28.9 Å². The molecule has 2 aromatic heterocycles. The van der Waals surface area contributed by atoms with E-state index in [1.54, 1.807) is 6.20 Å². The van der Waals surface area contributed by atoms with E-state index in [9.17, 15) is 13.2 Å². The van der Waals surface area contributed by atoms with E-state index in [-0.39, 0.29) is 10.8 Å². The van der Waals surface area contributed by atoms with Gasteiger partial charge in [-0.05, 0) is 12.5 Å². The van der Waals surface area contributed by atoms with Gasteiger partial charge >= 0.3 is 0 Å². The van der Waals surface area contributed by atoms with Gasteiger partial charge in [0.25, 0.3) is 5.91 Å². The largest absolute Gasteiger partial charge is 0.354 e. The number of hydrogen-bond donors (Lipinski definition) is 2. The van der Waals surface area contributed by atoms with Crippen molar-refractivity contribution in [3.05, 3.63) is 34.5 Å². The summed E-state index contributed by atoms with van der Waals surface area (Å²) in [5.74, 6) is 1.03. The number of imidazole rings is 1. The molecule has 0 fully saturated rings. The van der Waals surface area contributed by atoms with Crippen LogP contribution in [-0.2, 0) is 16.6 Å². The van der Waals surface area contributed by atoms with Crippen LogP contribution >= 0.6 is 11.3 Å². The molecule has 0 unspecified atom stereocenters. The molecule has 0 atom stereocenters. The molecule has 2 aromatic rings. The third-order valence-corrected chi connectivity index (χ3v) is 5.99. The van der Waals surface area contributed by atoms with Crippen LogP contribution in [0.5, 0.6) is 0 Å². The van der Waals surface area contributed by atoms with Crippen molar-refractivity contribution in [1.82, 2.24) is 19.6 Å². The van der Waals surface area contributed by atoms with Gasteiger partial charge in [-0.1, -0.05) is 13.8 Å². The summed E-state index contributed by atoms with van der Waals surface area (Å²) < 4.78 is 29.1. The van der Waals surface area contributed by atoms with Crippen LogP contribution in [0.1, 0.15) is 41.7 Å². The molecule has 0 spiro atoms. The normalized spacial score (nSPS) is 11.8. The van der Waals surface area contributed by atoms with Gasteiger partial charge in [0.05, 0.1) is 9.77 Å². The highest BCUT2D eigenvalue weighted by molar-refractivity contribution is 7.89. The molecule has 0 aromatic carbocycles. The number of thiophene rings is 1. The van der Waals surface area contributed by atoms with E-state index in [1.807, 2.05) is 10.8 Å². The number of nitrogens with zero attached hydrogens (tertiary/aromatic N) is 2. The maximum Gasteiger partial charge on any atom is 0.261 e. The smallest absolute Gasteiger partial charge is 0.261 e. The van der Waals surface area contributed by atoms with Crippen molar-refractivity contribution in [2.24, 2.45) is 0 Å². The first-order valence-corrected chi connectivity index (χ1v) is 10.0. The predicted molar refractivity (Wildman–Crippen MR) is 93.8 cm³/mol. The van der Waals surface area contributed by atoms with Crippen molar-refractivity contribution in [3.8, 4) is 0 Å². The second-order valence-electron chi connectivity index (χ2n) is 5.61. The zero-order chi connectivity index (χ0) is 17.7. The van der Waals surface area contributed by atoms with Crippen molar-refractivity contribution in [2.45, 2.75) is 37.6 Å². The molecule has 0 aliphatic carbocycles. The highest BCUT2D eigenvalue weighted by Crippen LogP contribution is 2.19. The van der Waals surface area contributed by atoms with E-state index < -0.39 is 10.0 Å².